The number of methoxy groups -OCH3 is 2. The Labute approximate surface area is 188 Å². The largest absolute Gasteiger partial charge is 0.497 e. The molecule has 0 aliphatic carbocycles. The number of anilines is 2. The van der Waals surface area contributed by atoms with E-state index in [1.807, 2.05) is 36.6 Å². The molecular formula is C23H19ClN2O4S. The molecule has 1 N–H and O–H groups in total. The number of carbonyl (C=O) groups is 2. The Kier molecular flexibility index (Phi) is 5.71. The lowest BCUT2D eigenvalue weighted by Gasteiger charge is -2.19. The molecular weight excluding hydrogens is 436 g/mol. The molecule has 0 spiro atoms. The zero-order valence-corrected chi connectivity index (χ0v) is 18.6. The van der Waals surface area contributed by atoms with E-state index in [1.165, 1.54) is 25.6 Å². The molecule has 0 bridgehead atoms. The van der Waals surface area contributed by atoms with Gasteiger partial charge in [-0.3, -0.25) is 9.59 Å². The zero-order valence-electron chi connectivity index (χ0n) is 17.1. The van der Waals surface area contributed by atoms with Crippen molar-refractivity contribution in [3.63, 3.8) is 0 Å². The van der Waals surface area contributed by atoms with Gasteiger partial charge in [-0.2, -0.15) is 0 Å². The average Bonchev–Trinajstić information content (AvgIpc) is 3.37. The molecule has 4 rings (SSSR count). The third kappa shape index (κ3) is 3.78. The molecule has 158 valence electrons. The number of nitrogens with zero attached hydrogens (tertiary/aromatic N) is 1. The number of halogens is 1. The van der Waals surface area contributed by atoms with Crippen molar-refractivity contribution in [1.82, 2.24) is 0 Å². The summed E-state index contributed by atoms with van der Waals surface area (Å²) in [5, 5.41) is 5.53. The van der Waals surface area contributed by atoms with E-state index < -0.39 is 11.8 Å². The van der Waals surface area contributed by atoms with Gasteiger partial charge in [-0.1, -0.05) is 23.7 Å². The molecule has 2 heterocycles. The fraction of sp³-hybridized carbons (Fsp3) is 0.130. The summed E-state index contributed by atoms with van der Waals surface area (Å²) in [4.78, 5) is 28.7. The lowest BCUT2D eigenvalue weighted by atomic mass is 10.1. The van der Waals surface area contributed by atoms with E-state index in [-0.39, 0.29) is 5.70 Å². The van der Waals surface area contributed by atoms with Gasteiger partial charge in [-0.05, 0) is 48.2 Å². The fourth-order valence-electron chi connectivity index (χ4n) is 3.30. The maximum atomic E-state index is 13.5. The predicted molar refractivity (Wildman–Crippen MR) is 123 cm³/mol. The summed E-state index contributed by atoms with van der Waals surface area (Å²) >= 11 is 7.63. The van der Waals surface area contributed by atoms with Gasteiger partial charge in [-0.25, -0.2) is 4.90 Å². The first-order valence-electron chi connectivity index (χ1n) is 9.36. The highest BCUT2D eigenvalue weighted by Gasteiger charge is 2.42. The molecule has 1 aromatic heterocycles. The van der Waals surface area contributed by atoms with Gasteiger partial charge < -0.3 is 14.8 Å². The van der Waals surface area contributed by atoms with Gasteiger partial charge in [0.15, 0.2) is 0 Å². The number of benzene rings is 2. The van der Waals surface area contributed by atoms with Crippen LogP contribution in [-0.4, -0.2) is 26.0 Å². The lowest BCUT2D eigenvalue weighted by molar-refractivity contribution is -0.120. The molecule has 1 aliphatic heterocycles. The van der Waals surface area contributed by atoms with E-state index in [9.17, 15) is 9.59 Å². The normalized spacial score (nSPS) is 13.7. The third-order valence-electron chi connectivity index (χ3n) is 4.92. The Morgan fingerprint density at radius 3 is 2.45 bits per heavy atom. The molecule has 3 aromatic rings. The van der Waals surface area contributed by atoms with Crippen molar-refractivity contribution in [3.8, 4) is 11.5 Å². The molecule has 8 heteroatoms. The Morgan fingerprint density at radius 1 is 1.00 bits per heavy atom. The molecule has 0 fully saturated rings. The van der Waals surface area contributed by atoms with Gasteiger partial charge in [0, 0.05) is 21.7 Å². The Balaban J connectivity index is 1.81. The van der Waals surface area contributed by atoms with Crippen LogP contribution in [0.25, 0.3) is 5.57 Å². The van der Waals surface area contributed by atoms with Crippen LogP contribution >= 0.6 is 22.9 Å². The maximum absolute atomic E-state index is 13.5. The number of nitrogens with one attached hydrogen (secondary N) is 1. The van der Waals surface area contributed by atoms with Crippen LogP contribution in [0.1, 0.15) is 10.4 Å². The second kappa shape index (κ2) is 8.45. The number of imide groups is 1. The number of carbonyl (C=O) groups excluding carboxylic acids is 2. The van der Waals surface area contributed by atoms with Gasteiger partial charge >= 0.3 is 0 Å². The summed E-state index contributed by atoms with van der Waals surface area (Å²) in [5.74, 6) is -0.00446. The number of hydrogen-bond donors (Lipinski definition) is 1. The summed E-state index contributed by atoms with van der Waals surface area (Å²) < 4.78 is 10.7. The van der Waals surface area contributed by atoms with Crippen LogP contribution < -0.4 is 19.7 Å². The minimum absolute atomic E-state index is 0.185. The summed E-state index contributed by atoms with van der Waals surface area (Å²) in [6.45, 7) is 1.89. The minimum Gasteiger partial charge on any atom is -0.497 e. The van der Waals surface area contributed by atoms with Crippen LogP contribution in [0.15, 0.2) is 59.6 Å². The van der Waals surface area contributed by atoms with Crippen LogP contribution in [0.2, 0.25) is 5.02 Å². The molecule has 0 atom stereocenters. The van der Waals surface area contributed by atoms with Crippen molar-refractivity contribution in [1.29, 1.82) is 0 Å². The van der Waals surface area contributed by atoms with E-state index in [0.29, 0.717) is 38.3 Å². The molecule has 31 heavy (non-hydrogen) atoms. The number of ether oxygens (including phenoxy) is 2. The topological polar surface area (TPSA) is 67.9 Å². The zero-order chi connectivity index (χ0) is 22.1. The number of rotatable bonds is 6. The van der Waals surface area contributed by atoms with E-state index in [1.54, 1.807) is 24.3 Å². The highest BCUT2D eigenvalue weighted by atomic mass is 35.5. The monoisotopic (exact) mass is 454 g/mol. The molecule has 0 radical (unpaired) electrons. The Morgan fingerprint density at radius 2 is 1.81 bits per heavy atom. The molecule has 2 amide bonds. The Hall–Kier alpha value is -3.29. The highest BCUT2D eigenvalue weighted by Crippen LogP contribution is 2.40. The van der Waals surface area contributed by atoms with Crippen molar-refractivity contribution in [3.05, 3.63) is 75.1 Å². The first-order chi connectivity index (χ1) is 14.9. The standard InChI is InChI=1S/C23H19ClN2O4S/c1-13-6-7-14(11-16(13)24)25-21-20(19-5-4-10-31-19)22(27)26(23(21)28)17-9-8-15(29-2)12-18(17)30-3/h4-12,25H,1-3H3. The van der Waals surface area contributed by atoms with Crippen LogP contribution in [0.4, 0.5) is 11.4 Å². The highest BCUT2D eigenvalue weighted by molar-refractivity contribution is 7.11. The molecule has 6 nitrogen and oxygen atoms in total. The quantitative estimate of drug-likeness (QED) is 0.523. The van der Waals surface area contributed by atoms with Crippen molar-refractivity contribution in [2.75, 3.05) is 24.4 Å². The van der Waals surface area contributed by atoms with Crippen LogP contribution in [0.5, 0.6) is 11.5 Å². The number of aryl methyl sites for hydroxylation is 1. The van der Waals surface area contributed by atoms with Crippen LogP contribution in [0.3, 0.4) is 0 Å². The maximum Gasteiger partial charge on any atom is 0.282 e. The van der Waals surface area contributed by atoms with Gasteiger partial charge in [0.2, 0.25) is 0 Å². The fourth-order valence-corrected chi connectivity index (χ4v) is 4.25. The summed E-state index contributed by atoms with van der Waals surface area (Å²) in [5.41, 5.74) is 2.35. The summed E-state index contributed by atoms with van der Waals surface area (Å²) in [7, 11) is 3.01. The first-order valence-corrected chi connectivity index (χ1v) is 10.6. The number of thiophene rings is 1. The SMILES string of the molecule is COc1ccc(N2C(=O)C(Nc3ccc(C)c(Cl)c3)=C(c3cccs3)C2=O)c(OC)c1. The molecule has 2 aromatic carbocycles. The van der Waals surface area contributed by atoms with E-state index in [0.717, 1.165) is 10.5 Å². The third-order valence-corrected chi connectivity index (χ3v) is 6.22. The van der Waals surface area contributed by atoms with Crippen molar-refractivity contribution < 1.29 is 19.1 Å². The second-order valence-corrected chi connectivity index (χ2v) is 8.15. The summed E-state index contributed by atoms with van der Waals surface area (Å²) in [6.07, 6.45) is 0. The second-order valence-electron chi connectivity index (χ2n) is 6.80. The van der Waals surface area contributed by atoms with Crippen molar-refractivity contribution in [2.24, 2.45) is 0 Å². The van der Waals surface area contributed by atoms with Crippen LogP contribution in [0, 0.1) is 6.92 Å². The number of amides is 2. The van der Waals surface area contributed by atoms with Crippen molar-refractivity contribution in [2.45, 2.75) is 6.92 Å². The smallest absolute Gasteiger partial charge is 0.282 e. The van der Waals surface area contributed by atoms with Gasteiger partial charge in [-0.15, -0.1) is 11.3 Å². The summed E-state index contributed by atoms with van der Waals surface area (Å²) in [6, 6.07) is 14.0. The van der Waals surface area contributed by atoms with Gasteiger partial charge in [0.25, 0.3) is 11.8 Å². The predicted octanol–water partition coefficient (Wildman–Crippen LogP) is 5.12. The Bertz CT molecular complexity index is 1200. The minimum atomic E-state index is -0.478. The molecule has 1 aliphatic rings. The first kappa shape index (κ1) is 21.0. The number of hydrogen-bond acceptors (Lipinski definition) is 6. The van der Waals surface area contributed by atoms with Gasteiger partial charge in [0.1, 0.15) is 17.2 Å². The van der Waals surface area contributed by atoms with Crippen LogP contribution in [-0.2, 0) is 9.59 Å². The van der Waals surface area contributed by atoms with E-state index in [4.69, 9.17) is 21.1 Å². The van der Waals surface area contributed by atoms with Gasteiger partial charge in [0.05, 0.1) is 25.5 Å². The molecule has 0 saturated carbocycles. The lowest BCUT2D eigenvalue weighted by Crippen LogP contribution is -2.32. The van der Waals surface area contributed by atoms with E-state index in [2.05, 4.69) is 5.32 Å². The molecule has 0 saturated heterocycles. The molecule has 0 unspecified atom stereocenters. The van der Waals surface area contributed by atoms with E-state index >= 15 is 0 Å². The average molecular weight is 455 g/mol. The van der Waals surface area contributed by atoms with Crippen molar-refractivity contribution >= 4 is 51.7 Å².